The Balaban J connectivity index is 1.75. The van der Waals surface area contributed by atoms with Crippen molar-refractivity contribution in [3.63, 3.8) is 0 Å². The zero-order valence-electron chi connectivity index (χ0n) is 17.3. The van der Waals surface area contributed by atoms with Gasteiger partial charge in [0.15, 0.2) is 0 Å². The summed E-state index contributed by atoms with van der Waals surface area (Å²) >= 11 is 0. The number of ether oxygens (including phenoxy) is 3. The van der Waals surface area contributed by atoms with Crippen LogP contribution in [0.3, 0.4) is 0 Å². The average molecular weight is 355 g/mol. The van der Waals surface area contributed by atoms with E-state index in [1.165, 1.54) is 64.2 Å². The predicted octanol–water partition coefficient (Wildman–Crippen LogP) is 5.75. The fraction of sp³-hybridized carbons (Fsp3) is 1.00. The summed E-state index contributed by atoms with van der Waals surface area (Å²) in [6, 6.07) is 0. The maximum atomic E-state index is 6.22. The molecule has 0 radical (unpaired) electrons. The van der Waals surface area contributed by atoms with Crippen LogP contribution < -0.4 is 0 Å². The van der Waals surface area contributed by atoms with E-state index in [4.69, 9.17) is 14.2 Å². The third-order valence-electron chi connectivity index (χ3n) is 6.51. The summed E-state index contributed by atoms with van der Waals surface area (Å²) in [6.45, 7) is 12.4. The van der Waals surface area contributed by atoms with Gasteiger partial charge in [-0.2, -0.15) is 0 Å². The maximum absolute atomic E-state index is 6.22. The summed E-state index contributed by atoms with van der Waals surface area (Å²) in [5, 5.41) is 0. The fourth-order valence-corrected chi connectivity index (χ4v) is 4.42. The number of epoxide rings is 2. The Kier molecular flexibility index (Phi) is 8.71. The van der Waals surface area contributed by atoms with Crippen LogP contribution >= 0.6 is 0 Å². The van der Waals surface area contributed by atoms with Gasteiger partial charge >= 0.3 is 0 Å². The van der Waals surface area contributed by atoms with E-state index in [-0.39, 0.29) is 11.2 Å². The number of hydrogen-bond donors (Lipinski definition) is 0. The smallest absolute Gasteiger partial charge is 0.118 e. The molecule has 25 heavy (non-hydrogen) atoms. The Bertz CT molecular complexity index is 326. The molecule has 0 amide bonds. The molecule has 2 rings (SSSR count). The third-order valence-corrected chi connectivity index (χ3v) is 6.51. The van der Waals surface area contributed by atoms with Crippen LogP contribution in [-0.2, 0) is 14.2 Å². The Morgan fingerprint density at radius 3 is 1.40 bits per heavy atom. The lowest BCUT2D eigenvalue weighted by Crippen LogP contribution is -2.35. The molecular formula is C22H42O3. The van der Waals surface area contributed by atoms with Crippen LogP contribution in [0.5, 0.6) is 0 Å². The Morgan fingerprint density at radius 1 is 0.720 bits per heavy atom. The number of rotatable bonds is 16. The first-order valence-electron chi connectivity index (χ1n) is 11.0. The van der Waals surface area contributed by atoms with Crippen LogP contribution in [0.4, 0.5) is 0 Å². The minimum atomic E-state index is 0.0164. The van der Waals surface area contributed by atoms with Crippen molar-refractivity contribution in [1.29, 1.82) is 0 Å². The van der Waals surface area contributed by atoms with Gasteiger partial charge in [0.2, 0.25) is 0 Å². The SMILES string of the molecule is CCCCCC(CC)C1(COCC2(C(CC)CCCCC)CO2)CO1. The lowest BCUT2D eigenvalue weighted by atomic mass is 9.85. The Hall–Kier alpha value is -0.120. The summed E-state index contributed by atoms with van der Waals surface area (Å²) in [5.74, 6) is 1.31. The highest BCUT2D eigenvalue weighted by Gasteiger charge is 2.54. The van der Waals surface area contributed by atoms with Crippen LogP contribution in [0, 0.1) is 11.8 Å². The summed E-state index contributed by atoms with van der Waals surface area (Å²) in [7, 11) is 0. The largest absolute Gasteiger partial charge is 0.375 e. The van der Waals surface area contributed by atoms with E-state index in [1.54, 1.807) is 0 Å². The van der Waals surface area contributed by atoms with Crippen LogP contribution in [0.25, 0.3) is 0 Å². The molecule has 4 atom stereocenters. The van der Waals surface area contributed by atoms with Gasteiger partial charge in [-0.3, -0.25) is 0 Å². The molecule has 2 aliphatic heterocycles. The van der Waals surface area contributed by atoms with Crippen LogP contribution in [-0.4, -0.2) is 37.6 Å². The lowest BCUT2D eigenvalue weighted by Gasteiger charge is -2.26. The highest BCUT2D eigenvalue weighted by Crippen LogP contribution is 2.43. The highest BCUT2D eigenvalue weighted by molar-refractivity contribution is 5.01. The second-order valence-electron chi connectivity index (χ2n) is 8.40. The van der Waals surface area contributed by atoms with Gasteiger partial charge in [0.25, 0.3) is 0 Å². The van der Waals surface area contributed by atoms with Crippen molar-refractivity contribution in [2.75, 3.05) is 26.4 Å². The maximum Gasteiger partial charge on any atom is 0.118 e. The number of hydrogen-bond acceptors (Lipinski definition) is 3. The van der Waals surface area contributed by atoms with Crippen molar-refractivity contribution in [3.8, 4) is 0 Å². The molecule has 4 unspecified atom stereocenters. The van der Waals surface area contributed by atoms with Gasteiger partial charge in [0.05, 0.1) is 26.4 Å². The molecular weight excluding hydrogens is 312 g/mol. The minimum absolute atomic E-state index is 0.0164. The molecule has 2 fully saturated rings. The summed E-state index contributed by atoms with van der Waals surface area (Å²) < 4.78 is 18.0. The molecule has 0 aromatic rings. The monoisotopic (exact) mass is 354 g/mol. The molecule has 2 saturated heterocycles. The third kappa shape index (κ3) is 5.94. The van der Waals surface area contributed by atoms with E-state index in [9.17, 15) is 0 Å². The standard InChI is InChI=1S/C22H42O3/c1-5-9-11-13-19(7-3)21(17-24-21)15-23-16-22(18-25-22)20(8-4)14-12-10-6-2/h19-20H,5-18H2,1-4H3. The van der Waals surface area contributed by atoms with Gasteiger partial charge in [-0.15, -0.1) is 0 Å². The number of unbranched alkanes of at least 4 members (excludes halogenated alkanes) is 4. The quantitative estimate of drug-likeness (QED) is 0.261. The molecule has 148 valence electrons. The molecule has 0 saturated carbocycles. The van der Waals surface area contributed by atoms with E-state index < -0.39 is 0 Å². The van der Waals surface area contributed by atoms with Gasteiger partial charge in [-0.1, -0.05) is 79.1 Å². The van der Waals surface area contributed by atoms with Crippen LogP contribution in [0.2, 0.25) is 0 Å². The normalized spacial score (nSPS) is 30.2. The Labute approximate surface area is 156 Å². The minimum Gasteiger partial charge on any atom is -0.375 e. The predicted molar refractivity (Wildman–Crippen MR) is 104 cm³/mol. The van der Waals surface area contributed by atoms with Crippen molar-refractivity contribution in [2.24, 2.45) is 11.8 Å². The second-order valence-corrected chi connectivity index (χ2v) is 8.40. The molecule has 3 heteroatoms. The van der Waals surface area contributed by atoms with Gasteiger partial charge in [-0.05, 0) is 24.7 Å². The topological polar surface area (TPSA) is 34.3 Å². The van der Waals surface area contributed by atoms with Crippen LogP contribution in [0.1, 0.15) is 91.9 Å². The molecule has 0 spiro atoms. The molecule has 0 aromatic heterocycles. The molecule has 3 nitrogen and oxygen atoms in total. The van der Waals surface area contributed by atoms with Crippen molar-refractivity contribution >= 4 is 0 Å². The molecule has 0 N–H and O–H groups in total. The first-order valence-corrected chi connectivity index (χ1v) is 11.0. The molecule has 0 aromatic carbocycles. The van der Waals surface area contributed by atoms with E-state index >= 15 is 0 Å². The average Bonchev–Trinajstić information content (AvgIpc) is 3.54. The molecule has 0 bridgehead atoms. The van der Waals surface area contributed by atoms with Crippen LogP contribution in [0.15, 0.2) is 0 Å². The molecule has 2 aliphatic rings. The second kappa shape index (κ2) is 10.3. The van der Waals surface area contributed by atoms with E-state index in [1.807, 2.05) is 0 Å². The van der Waals surface area contributed by atoms with Crippen molar-refractivity contribution in [3.05, 3.63) is 0 Å². The Morgan fingerprint density at radius 2 is 1.12 bits per heavy atom. The fourth-order valence-electron chi connectivity index (χ4n) is 4.42. The highest BCUT2D eigenvalue weighted by atomic mass is 16.6. The summed E-state index contributed by atoms with van der Waals surface area (Å²) in [6.07, 6.45) is 12.8. The lowest BCUT2D eigenvalue weighted by molar-refractivity contribution is 0.00456. The summed E-state index contributed by atoms with van der Waals surface area (Å²) in [5.41, 5.74) is 0.0327. The van der Waals surface area contributed by atoms with Crippen molar-refractivity contribution < 1.29 is 14.2 Å². The van der Waals surface area contributed by atoms with Crippen molar-refractivity contribution in [2.45, 2.75) is 103 Å². The van der Waals surface area contributed by atoms with E-state index in [0.717, 1.165) is 26.4 Å². The first-order chi connectivity index (χ1) is 12.2. The zero-order valence-corrected chi connectivity index (χ0v) is 17.3. The van der Waals surface area contributed by atoms with Gasteiger partial charge in [-0.25, -0.2) is 0 Å². The van der Waals surface area contributed by atoms with Gasteiger partial charge in [0.1, 0.15) is 11.2 Å². The van der Waals surface area contributed by atoms with Crippen molar-refractivity contribution in [1.82, 2.24) is 0 Å². The first kappa shape index (κ1) is 21.2. The van der Waals surface area contributed by atoms with Gasteiger partial charge in [0, 0.05) is 0 Å². The molecule has 0 aliphatic carbocycles. The van der Waals surface area contributed by atoms with E-state index in [0.29, 0.717) is 11.8 Å². The van der Waals surface area contributed by atoms with Gasteiger partial charge < -0.3 is 14.2 Å². The van der Waals surface area contributed by atoms with E-state index in [2.05, 4.69) is 27.7 Å². The summed E-state index contributed by atoms with van der Waals surface area (Å²) in [4.78, 5) is 0. The molecule has 2 heterocycles. The zero-order chi connectivity index (χ0) is 18.2.